The molecule has 0 heterocycles. The van der Waals surface area contributed by atoms with E-state index in [9.17, 15) is 8.42 Å². The van der Waals surface area contributed by atoms with Crippen LogP contribution in [-0.4, -0.2) is 13.7 Å². The van der Waals surface area contributed by atoms with Crippen LogP contribution >= 0.6 is 10.7 Å². The average molecular weight is 259 g/mol. The minimum Gasteiger partial charge on any atom is -0.212 e. The summed E-state index contributed by atoms with van der Waals surface area (Å²) in [4.78, 5) is 0. The summed E-state index contributed by atoms with van der Waals surface area (Å²) in [5.41, 5.74) is 1.09. The topological polar surface area (TPSA) is 34.1 Å². The summed E-state index contributed by atoms with van der Waals surface area (Å²) < 4.78 is 23.1. The van der Waals surface area contributed by atoms with Crippen LogP contribution in [0.2, 0.25) is 0 Å². The molecule has 1 aliphatic rings. The quantitative estimate of drug-likeness (QED) is 0.763. The lowest BCUT2D eigenvalue weighted by molar-refractivity contribution is 0.438. The van der Waals surface area contributed by atoms with Crippen LogP contribution in [0.4, 0.5) is 0 Å². The maximum Gasteiger partial charge on any atom is 0.236 e. The van der Waals surface area contributed by atoms with Crippen molar-refractivity contribution in [1.82, 2.24) is 0 Å². The van der Waals surface area contributed by atoms with Crippen molar-refractivity contribution < 1.29 is 8.42 Å². The molecule has 1 saturated carbocycles. The number of hydrogen-bond donors (Lipinski definition) is 0. The van der Waals surface area contributed by atoms with E-state index in [1.807, 2.05) is 30.3 Å². The fourth-order valence-electron chi connectivity index (χ4n) is 2.52. The highest BCUT2D eigenvalue weighted by Crippen LogP contribution is 2.38. The molecular formula is C12H15ClO2S. The van der Waals surface area contributed by atoms with E-state index in [4.69, 9.17) is 10.7 Å². The van der Waals surface area contributed by atoms with Gasteiger partial charge in [-0.1, -0.05) is 43.2 Å². The molecule has 2 nitrogen and oxygen atoms in total. The number of rotatable bonds is 2. The normalized spacial score (nSPS) is 26.6. The summed E-state index contributed by atoms with van der Waals surface area (Å²) in [5.74, 6) is 0.0671. The molecule has 0 radical (unpaired) electrons. The molecule has 0 saturated heterocycles. The minimum absolute atomic E-state index is 0.0671. The van der Waals surface area contributed by atoms with Crippen LogP contribution in [0.25, 0.3) is 0 Å². The van der Waals surface area contributed by atoms with Crippen LogP contribution in [-0.2, 0) is 9.05 Å². The van der Waals surface area contributed by atoms with E-state index >= 15 is 0 Å². The van der Waals surface area contributed by atoms with Crippen molar-refractivity contribution in [3.05, 3.63) is 35.9 Å². The maximum atomic E-state index is 11.5. The van der Waals surface area contributed by atoms with Gasteiger partial charge >= 0.3 is 0 Å². The van der Waals surface area contributed by atoms with Crippen molar-refractivity contribution >= 4 is 19.7 Å². The molecule has 2 unspecified atom stereocenters. The first-order valence-electron chi connectivity index (χ1n) is 5.57. The van der Waals surface area contributed by atoms with Gasteiger partial charge in [0.25, 0.3) is 0 Å². The van der Waals surface area contributed by atoms with Crippen molar-refractivity contribution in [2.45, 2.75) is 36.9 Å². The maximum absolute atomic E-state index is 11.5. The molecule has 1 aromatic rings. The van der Waals surface area contributed by atoms with Crippen molar-refractivity contribution in [1.29, 1.82) is 0 Å². The summed E-state index contributed by atoms with van der Waals surface area (Å²) in [7, 11) is 2.08. The first-order valence-corrected chi connectivity index (χ1v) is 7.95. The Labute approximate surface area is 101 Å². The van der Waals surface area contributed by atoms with Crippen LogP contribution in [0.15, 0.2) is 30.3 Å². The second-order valence-electron chi connectivity index (χ2n) is 4.32. The van der Waals surface area contributed by atoms with Gasteiger partial charge in [-0.25, -0.2) is 8.42 Å². The van der Waals surface area contributed by atoms with Crippen LogP contribution in [0.3, 0.4) is 0 Å². The van der Waals surface area contributed by atoms with E-state index in [2.05, 4.69) is 0 Å². The average Bonchev–Trinajstić information content (AvgIpc) is 2.29. The minimum atomic E-state index is -3.45. The van der Waals surface area contributed by atoms with Gasteiger partial charge in [-0.05, 0) is 18.4 Å². The molecule has 2 rings (SSSR count). The second kappa shape index (κ2) is 4.76. The summed E-state index contributed by atoms with van der Waals surface area (Å²) in [5, 5.41) is -0.412. The van der Waals surface area contributed by atoms with E-state index in [1.54, 1.807) is 0 Å². The van der Waals surface area contributed by atoms with Gasteiger partial charge in [0.15, 0.2) is 0 Å². The molecule has 1 aromatic carbocycles. The van der Waals surface area contributed by atoms with Crippen molar-refractivity contribution in [2.75, 3.05) is 0 Å². The zero-order chi connectivity index (χ0) is 11.6. The summed E-state index contributed by atoms with van der Waals surface area (Å²) in [6.07, 6.45) is 3.65. The third-order valence-electron chi connectivity index (χ3n) is 3.29. The van der Waals surface area contributed by atoms with Gasteiger partial charge < -0.3 is 0 Å². The molecule has 0 bridgehead atoms. The molecule has 2 atom stereocenters. The lowest BCUT2D eigenvalue weighted by Gasteiger charge is -2.29. The van der Waals surface area contributed by atoms with Crippen molar-refractivity contribution in [2.24, 2.45) is 0 Å². The zero-order valence-corrected chi connectivity index (χ0v) is 10.5. The highest BCUT2D eigenvalue weighted by atomic mass is 35.7. The first kappa shape index (κ1) is 11.9. The van der Waals surface area contributed by atoms with E-state index in [-0.39, 0.29) is 5.92 Å². The molecule has 1 fully saturated rings. The van der Waals surface area contributed by atoms with Crippen LogP contribution in [0.1, 0.15) is 37.2 Å². The molecule has 88 valence electrons. The van der Waals surface area contributed by atoms with E-state index < -0.39 is 14.3 Å². The SMILES string of the molecule is O=S(=O)(Cl)C1CCCCC1c1ccccc1. The molecule has 0 N–H and O–H groups in total. The monoisotopic (exact) mass is 258 g/mol. The molecule has 1 aliphatic carbocycles. The van der Waals surface area contributed by atoms with Crippen LogP contribution in [0, 0.1) is 0 Å². The predicted octanol–water partition coefficient (Wildman–Crippen LogP) is 3.28. The molecule has 0 spiro atoms. The Kier molecular flexibility index (Phi) is 3.55. The summed E-state index contributed by atoms with van der Waals surface area (Å²) in [6, 6.07) is 9.82. The van der Waals surface area contributed by atoms with Gasteiger partial charge in [-0.15, -0.1) is 0 Å². The van der Waals surface area contributed by atoms with Gasteiger partial charge in [-0.2, -0.15) is 0 Å². The van der Waals surface area contributed by atoms with E-state index in [0.717, 1.165) is 24.8 Å². The van der Waals surface area contributed by atoms with Gasteiger partial charge in [0.1, 0.15) is 0 Å². The smallest absolute Gasteiger partial charge is 0.212 e. The van der Waals surface area contributed by atoms with E-state index in [1.165, 1.54) is 0 Å². The first-order chi connectivity index (χ1) is 7.59. The molecular weight excluding hydrogens is 244 g/mol. The van der Waals surface area contributed by atoms with Gasteiger partial charge in [0.2, 0.25) is 9.05 Å². The molecule has 4 heteroatoms. The Bertz CT molecular complexity index is 441. The van der Waals surface area contributed by atoms with Crippen molar-refractivity contribution in [3.63, 3.8) is 0 Å². The Balaban J connectivity index is 2.31. The largest absolute Gasteiger partial charge is 0.236 e. The van der Waals surface area contributed by atoms with E-state index in [0.29, 0.717) is 6.42 Å². The molecule has 0 amide bonds. The third-order valence-corrected chi connectivity index (χ3v) is 5.27. The Morgan fingerprint density at radius 2 is 1.69 bits per heavy atom. The molecule has 0 aromatic heterocycles. The lowest BCUT2D eigenvalue weighted by atomic mass is 9.84. The van der Waals surface area contributed by atoms with Gasteiger partial charge in [-0.3, -0.25) is 0 Å². The fraction of sp³-hybridized carbons (Fsp3) is 0.500. The van der Waals surface area contributed by atoms with Gasteiger partial charge in [0, 0.05) is 16.6 Å². The Morgan fingerprint density at radius 3 is 2.31 bits per heavy atom. The van der Waals surface area contributed by atoms with Crippen molar-refractivity contribution in [3.8, 4) is 0 Å². The Hall–Kier alpha value is -0.540. The lowest BCUT2D eigenvalue weighted by Crippen LogP contribution is -2.28. The number of halogens is 1. The molecule has 16 heavy (non-hydrogen) atoms. The standard InChI is InChI=1S/C12H15ClO2S/c13-16(14,15)12-9-5-4-8-11(12)10-6-2-1-3-7-10/h1-3,6-7,11-12H,4-5,8-9H2. The van der Waals surface area contributed by atoms with Crippen LogP contribution < -0.4 is 0 Å². The highest BCUT2D eigenvalue weighted by Gasteiger charge is 2.34. The predicted molar refractivity (Wildman–Crippen MR) is 66.2 cm³/mol. The number of benzene rings is 1. The summed E-state index contributed by atoms with van der Waals surface area (Å²) in [6.45, 7) is 0. The fourth-order valence-corrected chi connectivity index (χ4v) is 4.29. The second-order valence-corrected chi connectivity index (χ2v) is 7.16. The molecule has 0 aliphatic heterocycles. The van der Waals surface area contributed by atoms with Gasteiger partial charge in [0.05, 0.1) is 5.25 Å². The van der Waals surface area contributed by atoms with Crippen LogP contribution in [0.5, 0.6) is 0 Å². The summed E-state index contributed by atoms with van der Waals surface area (Å²) >= 11 is 0. The third kappa shape index (κ3) is 2.58. The Morgan fingerprint density at radius 1 is 1.06 bits per heavy atom. The highest BCUT2D eigenvalue weighted by molar-refractivity contribution is 8.14. The number of hydrogen-bond acceptors (Lipinski definition) is 2. The zero-order valence-electron chi connectivity index (χ0n) is 8.97.